The minimum absolute atomic E-state index is 0.0271. The van der Waals surface area contributed by atoms with Crippen LogP contribution in [0.3, 0.4) is 0 Å². The van der Waals surface area contributed by atoms with Crippen LogP contribution in [0, 0.1) is 20.8 Å². The maximum atomic E-state index is 14.7. The van der Waals surface area contributed by atoms with Crippen molar-refractivity contribution in [3.05, 3.63) is 130 Å². The Bertz CT molecular complexity index is 1810. The van der Waals surface area contributed by atoms with Crippen molar-refractivity contribution in [2.24, 2.45) is 0 Å². The summed E-state index contributed by atoms with van der Waals surface area (Å²) in [6.45, 7) is 5.16. The fraction of sp³-hybridized carbons (Fsp3) is 0.316. The first-order valence-corrected chi connectivity index (χ1v) is 17.9. The van der Waals surface area contributed by atoms with Crippen LogP contribution in [0.2, 0.25) is 5.02 Å². The first-order chi connectivity index (χ1) is 22.5. The quantitative estimate of drug-likeness (QED) is 0.173. The number of hydrogen-bond acceptors (Lipinski definition) is 4. The summed E-state index contributed by atoms with van der Waals surface area (Å²) in [6, 6.07) is 27.9. The van der Waals surface area contributed by atoms with Crippen LogP contribution >= 0.6 is 11.6 Å². The normalized spacial score (nSPS) is 14.0. The highest BCUT2D eigenvalue weighted by atomic mass is 35.5. The van der Waals surface area contributed by atoms with E-state index in [0.29, 0.717) is 16.3 Å². The SMILES string of the molecule is Cc1ccc(S(=O)(=O)N(CC(=O)N(Cc2ccccc2Cl)C(Cc2ccccc2)C(=O)NC2CCCC2)c2cccc(C)c2C)cc1. The number of carbonyl (C=O) groups excluding carboxylic acids is 2. The van der Waals surface area contributed by atoms with Crippen molar-refractivity contribution >= 4 is 39.1 Å². The van der Waals surface area contributed by atoms with Gasteiger partial charge in [-0.25, -0.2) is 8.42 Å². The summed E-state index contributed by atoms with van der Waals surface area (Å²) in [6.07, 6.45) is 4.11. The summed E-state index contributed by atoms with van der Waals surface area (Å²) in [4.78, 5) is 30.5. The van der Waals surface area contributed by atoms with Crippen LogP contribution in [0.1, 0.15) is 53.5 Å². The number of benzene rings is 4. The van der Waals surface area contributed by atoms with Crippen molar-refractivity contribution in [3.8, 4) is 0 Å². The molecule has 9 heteroatoms. The highest BCUT2D eigenvalue weighted by Gasteiger charge is 2.36. The van der Waals surface area contributed by atoms with Crippen LogP contribution in [-0.4, -0.2) is 43.8 Å². The van der Waals surface area contributed by atoms with Gasteiger partial charge >= 0.3 is 0 Å². The molecule has 1 fully saturated rings. The standard InChI is InChI=1S/C38H42ClN3O4S/c1-27-20-22-33(23-21-27)47(45,46)42(35-19-11-12-28(2)29(35)3)26-37(43)41(25-31-15-7-10-18-34(31)39)36(24-30-13-5-4-6-14-30)38(44)40-32-16-8-9-17-32/h4-7,10-15,18-23,32,36H,8-9,16-17,24-26H2,1-3H3,(H,40,44). The minimum Gasteiger partial charge on any atom is -0.352 e. The Labute approximate surface area is 283 Å². The van der Waals surface area contributed by atoms with Crippen molar-refractivity contribution in [1.82, 2.24) is 10.2 Å². The summed E-state index contributed by atoms with van der Waals surface area (Å²) in [5.41, 5.74) is 4.51. The maximum Gasteiger partial charge on any atom is 0.264 e. The fourth-order valence-corrected chi connectivity index (χ4v) is 7.76. The first kappa shape index (κ1) is 34.2. The number of halogens is 1. The third-order valence-electron chi connectivity index (χ3n) is 9.00. The van der Waals surface area contributed by atoms with E-state index < -0.39 is 28.5 Å². The Morgan fingerprint density at radius 2 is 1.51 bits per heavy atom. The second kappa shape index (κ2) is 15.2. The van der Waals surface area contributed by atoms with Gasteiger partial charge in [0.2, 0.25) is 11.8 Å². The van der Waals surface area contributed by atoms with Gasteiger partial charge in [0.25, 0.3) is 10.0 Å². The molecule has 0 heterocycles. The predicted octanol–water partition coefficient (Wildman–Crippen LogP) is 7.16. The highest BCUT2D eigenvalue weighted by molar-refractivity contribution is 7.92. The number of amides is 2. The molecule has 4 aromatic carbocycles. The highest BCUT2D eigenvalue weighted by Crippen LogP contribution is 2.30. The molecule has 0 aliphatic heterocycles. The van der Waals surface area contributed by atoms with Crippen molar-refractivity contribution in [3.63, 3.8) is 0 Å². The average Bonchev–Trinajstić information content (AvgIpc) is 3.57. The molecule has 5 rings (SSSR count). The predicted molar refractivity (Wildman–Crippen MR) is 188 cm³/mol. The summed E-state index contributed by atoms with van der Waals surface area (Å²) in [5, 5.41) is 3.66. The van der Waals surface area contributed by atoms with Crippen molar-refractivity contribution < 1.29 is 18.0 Å². The third kappa shape index (κ3) is 8.24. The van der Waals surface area contributed by atoms with E-state index >= 15 is 0 Å². The molecule has 1 saturated carbocycles. The van der Waals surface area contributed by atoms with E-state index in [1.165, 1.54) is 9.21 Å². The Balaban J connectivity index is 1.60. The zero-order valence-corrected chi connectivity index (χ0v) is 28.7. The van der Waals surface area contributed by atoms with Crippen molar-refractivity contribution in [1.29, 1.82) is 0 Å². The molecular weight excluding hydrogens is 630 g/mol. The lowest BCUT2D eigenvalue weighted by molar-refractivity contribution is -0.140. The number of carbonyl (C=O) groups is 2. The van der Waals surface area contributed by atoms with Crippen LogP contribution in [0.25, 0.3) is 0 Å². The maximum absolute atomic E-state index is 14.7. The van der Waals surface area contributed by atoms with Crippen molar-refractivity contribution in [2.75, 3.05) is 10.8 Å². The van der Waals surface area contributed by atoms with Gasteiger partial charge in [0, 0.05) is 24.0 Å². The largest absolute Gasteiger partial charge is 0.352 e. The van der Waals surface area contributed by atoms with E-state index in [1.807, 2.05) is 75.4 Å². The van der Waals surface area contributed by atoms with Crippen molar-refractivity contribution in [2.45, 2.75) is 76.4 Å². The smallest absolute Gasteiger partial charge is 0.264 e. The van der Waals surface area contributed by atoms with E-state index in [1.54, 1.807) is 42.5 Å². The van der Waals surface area contributed by atoms with E-state index in [4.69, 9.17) is 11.6 Å². The minimum atomic E-state index is -4.18. The van der Waals surface area contributed by atoms with E-state index in [9.17, 15) is 18.0 Å². The molecule has 47 heavy (non-hydrogen) atoms. The number of nitrogens with one attached hydrogen (secondary N) is 1. The molecule has 0 radical (unpaired) electrons. The van der Waals surface area contributed by atoms with Crippen LogP contribution in [0.4, 0.5) is 5.69 Å². The lowest BCUT2D eigenvalue weighted by Gasteiger charge is -2.35. The second-order valence-corrected chi connectivity index (χ2v) is 14.6. The summed E-state index contributed by atoms with van der Waals surface area (Å²) in [5.74, 6) is -0.773. The fourth-order valence-electron chi connectivity index (χ4n) is 6.09. The molecule has 1 N–H and O–H groups in total. The molecule has 0 aromatic heterocycles. The molecule has 0 saturated heterocycles. The molecule has 1 unspecified atom stereocenters. The summed E-state index contributed by atoms with van der Waals surface area (Å²) < 4.78 is 29.9. The molecule has 1 atom stereocenters. The lowest BCUT2D eigenvalue weighted by atomic mass is 10.0. The van der Waals surface area contributed by atoms with Gasteiger partial charge in [-0.05, 0) is 80.1 Å². The molecule has 2 amide bonds. The summed E-state index contributed by atoms with van der Waals surface area (Å²) >= 11 is 6.62. The molecule has 0 bridgehead atoms. The number of sulfonamides is 1. The van der Waals surface area contributed by atoms with E-state index in [2.05, 4.69) is 5.32 Å². The number of nitrogens with zero attached hydrogens (tertiary/aromatic N) is 2. The average molecular weight is 672 g/mol. The second-order valence-electron chi connectivity index (χ2n) is 12.4. The Morgan fingerprint density at radius 1 is 0.851 bits per heavy atom. The van der Waals surface area contributed by atoms with Crippen LogP contribution in [0.15, 0.2) is 102 Å². The topological polar surface area (TPSA) is 86.8 Å². The number of aryl methyl sites for hydroxylation is 2. The number of hydrogen-bond donors (Lipinski definition) is 1. The molecule has 0 spiro atoms. The molecule has 1 aliphatic rings. The van der Waals surface area contributed by atoms with Crippen LogP contribution < -0.4 is 9.62 Å². The van der Waals surface area contributed by atoms with E-state index in [-0.39, 0.29) is 29.8 Å². The molecule has 1 aliphatic carbocycles. The molecular formula is C38H42ClN3O4S. The van der Waals surface area contributed by atoms with Gasteiger partial charge in [0.05, 0.1) is 10.6 Å². The summed E-state index contributed by atoms with van der Waals surface area (Å²) in [7, 11) is -4.18. The van der Waals surface area contributed by atoms with Crippen LogP contribution in [-0.2, 0) is 32.6 Å². The zero-order valence-electron chi connectivity index (χ0n) is 27.2. The molecule has 246 valence electrons. The van der Waals surface area contributed by atoms with Gasteiger partial charge in [-0.1, -0.05) is 103 Å². The Morgan fingerprint density at radius 3 is 2.19 bits per heavy atom. The van der Waals surface area contributed by atoms with Gasteiger partial charge in [-0.15, -0.1) is 0 Å². The first-order valence-electron chi connectivity index (χ1n) is 16.1. The Hall–Kier alpha value is -4.14. The number of rotatable bonds is 12. The lowest BCUT2D eigenvalue weighted by Crippen LogP contribution is -2.54. The van der Waals surface area contributed by atoms with Crippen LogP contribution in [0.5, 0.6) is 0 Å². The number of anilines is 1. The van der Waals surface area contributed by atoms with Gasteiger partial charge in [0.15, 0.2) is 0 Å². The molecule has 4 aromatic rings. The van der Waals surface area contributed by atoms with Gasteiger partial charge in [-0.3, -0.25) is 13.9 Å². The molecule has 7 nitrogen and oxygen atoms in total. The Kier molecular flexibility index (Phi) is 11.0. The third-order valence-corrected chi connectivity index (χ3v) is 11.1. The van der Waals surface area contributed by atoms with E-state index in [0.717, 1.165) is 47.9 Å². The monoisotopic (exact) mass is 671 g/mol. The van der Waals surface area contributed by atoms with Gasteiger partial charge in [0.1, 0.15) is 12.6 Å². The zero-order chi connectivity index (χ0) is 33.6. The van der Waals surface area contributed by atoms with Gasteiger partial charge < -0.3 is 10.2 Å². The van der Waals surface area contributed by atoms with Gasteiger partial charge in [-0.2, -0.15) is 0 Å².